The number of carboxylic acids is 1. The van der Waals surface area contributed by atoms with E-state index in [1.54, 1.807) is 0 Å². The van der Waals surface area contributed by atoms with Crippen LogP contribution in [0.3, 0.4) is 0 Å². The molecule has 0 rings (SSSR count). The summed E-state index contributed by atoms with van der Waals surface area (Å²) in [6.07, 6.45) is 16.2. The van der Waals surface area contributed by atoms with Crippen LogP contribution in [0.4, 0.5) is 0 Å². The Morgan fingerprint density at radius 3 is 1.48 bits per heavy atom. The average Bonchev–Trinajstić information content (AvgIpc) is 2.47. The van der Waals surface area contributed by atoms with Gasteiger partial charge >= 0.3 is 34.6 Å². The van der Waals surface area contributed by atoms with Crippen LogP contribution in [0.2, 0.25) is 14.8 Å². The Morgan fingerprint density at radius 1 is 0.783 bits per heavy atom. The maximum absolute atomic E-state index is 10.2. The van der Waals surface area contributed by atoms with E-state index in [9.17, 15) is 9.90 Å². The zero-order valence-electron chi connectivity index (χ0n) is 16.1. The fraction of sp³-hybridized carbons (Fsp3) is 0.947. The van der Waals surface area contributed by atoms with Crippen molar-refractivity contribution >= 4 is 37.5 Å². The molecule has 0 aromatic rings. The number of aliphatic carboxylic acids is 1. The van der Waals surface area contributed by atoms with Crippen LogP contribution in [-0.4, -0.2) is 37.2 Å². The second-order valence-electron chi connectivity index (χ2n) is 6.81. The van der Waals surface area contributed by atoms with Crippen LogP contribution in [0.5, 0.6) is 0 Å². The van der Waals surface area contributed by atoms with E-state index in [-0.39, 0.29) is 5.75 Å². The van der Waals surface area contributed by atoms with Gasteiger partial charge in [-0.25, -0.2) is 0 Å². The molecule has 4 heteroatoms. The zero-order valence-corrected chi connectivity index (χ0v) is 19.8. The van der Waals surface area contributed by atoms with Crippen molar-refractivity contribution in [1.29, 1.82) is 0 Å². The first-order valence-corrected chi connectivity index (χ1v) is 19.3. The first kappa shape index (κ1) is 25.9. The van der Waals surface area contributed by atoms with Crippen molar-refractivity contribution < 1.29 is 9.90 Å². The Balaban J connectivity index is 0. The molecule has 0 amide bonds. The van der Waals surface area contributed by atoms with Crippen molar-refractivity contribution in [3.63, 3.8) is 0 Å². The number of unbranched alkanes of at least 4 members (excludes halogenated alkanes) is 11. The maximum atomic E-state index is 10.2. The monoisotopic (exact) mass is 452 g/mol. The predicted octanol–water partition coefficient (Wildman–Crippen LogP) is 5.54. The summed E-state index contributed by atoms with van der Waals surface area (Å²) in [6.45, 7) is 2.26. The average molecular weight is 451 g/mol. The fourth-order valence-corrected chi connectivity index (χ4v) is 2.92. The van der Waals surface area contributed by atoms with E-state index in [0.29, 0.717) is 0 Å². The molecule has 138 valence electrons. The number of carbonyl (C=O) groups excluding carboxylic acids is 1. The fourth-order valence-electron chi connectivity index (χ4n) is 2.20. The molecule has 0 saturated carbocycles. The van der Waals surface area contributed by atoms with Gasteiger partial charge in [0.25, 0.3) is 0 Å². The molecule has 0 N–H and O–H groups in total. The molecular formula is C19H40O2SSn. The van der Waals surface area contributed by atoms with E-state index in [2.05, 4.69) is 21.7 Å². The molecule has 0 aromatic heterocycles. The topological polar surface area (TPSA) is 40.1 Å². The molecule has 0 aromatic carbocycles. The van der Waals surface area contributed by atoms with Gasteiger partial charge in [0.2, 0.25) is 0 Å². The molecule has 0 atom stereocenters. The molecular weight excluding hydrogens is 411 g/mol. The van der Waals surface area contributed by atoms with Gasteiger partial charge < -0.3 is 9.90 Å². The number of thioether (sulfide) groups is 1. The van der Waals surface area contributed by atoms with E-state index >= 15 is 0 Å². The second kappa shape index (κ2) is 22.6. The molecule has 0 heterocycles. The Morgan fingerprint density at radius 2 is 1.13 bits per heavy atom. The van der Waals surface area contributed by atoms with Gasteiger partial charge in [-0.05, 0) is 12.2 Å². The van der Waals surface area contributed by atoms with Gasteiger partial charge in [-0.15, -0.1) is 0 Å². The number of hydrogen-bond acceptors (Lipinski definition) is 3. The van der Waals surface area contributed by atoms with Crippen molar-refractivity contribution in [3.05, 3.63) is 0 Å². The third-order valence-electron chi connectivity index (χ3n) is 3.36. The summed E-state index contributed by atoms with van der Waals surface area (Å²) >= 11 is 0.937. The van der Waals surface area contributed by atoms with Crippen LogP contribution in [0, 0.1) is 0 Å². The standard InChI is InChI=1S/C16H32O2S.3CH3.Sn/c1-2-3-4-5-6-7-8-9-10-11-12-13-14-19-15-16(17)18;;;;/h2-15H2,1H3,(H,17,18);3*1H3;/q;;;;+1/p-1. The van der Waals surface area contributed by atoms with E-state index in [4.69, 9.17) is 0 Å². The molecule has 0 unspecified atom stereocenters. The summed E-state index contributed by atoms with van der Waals surface area (Å²) in [5, 5.41) is 10.2. The van der Waals surface area contributed by atoms with Crippen molar-refractivity contribution in [2.45, 2.75) is 98.8 Å². The molecule has 0 radical (unpaired) electrons. The third-order valence-corrected chi connectivity index (χ3v) is 4.38. The molecule has 0 aliphatic carbocycles. The molecule has 0 fully saturated rings. The van der Waals surface area contributed by atoms with E-state index < -0.39 is 25.7 Å². The molecule has 2 nitrogen and oxygen atoms in total. The molecule has 0 saturated heterocycles. The zero-order chi connectivity index (χ0) is 17.8. The Hall–Kier alpha value is 0.619. The summed E-state index contributed by atoms with van der Waals surface area (Å²) in [4.78, 5) is 17.3. The quantitative estimate of drug-likeness (QED) is 0.243. The van der Waals surface area contributed by atoms with Crippen LogP contribution in [-0.2, 0) is 4.79 Å². The van der Waals surface area contributed by atoms with Crippen molar-refractivity contribution in [1.82, 2.24) is 0 Å². The van der Waals surface area contributed by atoms with Crippen LogP contribution < -0.4 is 5.11 Å². The van der Waals surface area contributed by atoms with Crippen molar-refractivity contribution in [3.8, 4) is 0 Å². The minimum absolute atomic E-state index is 0.151. The summed E-state index contributed by atoms with van der Waals surface area (Å²) in [6, 6.07) is 0. The number of carbonyl (C=O) groups is 1. The Labute approximate surface area is 157 Å². The van der Waals surface area contributed by atoms with Gasteiger partial charge in [0.05, 0.1) is 5.97 Å². The van der Waals surface area contributed by atoms with E-state index in [1.807, 2.05) is 0 Å². The number of carboxylic acid groups (broad SMARTS) is 1. The summed E-state index contributed by atoms with van der Waals surface area (Å²) in [7, 11) is 0. The molecule has 23 heavy (non-hydrogen) atoms. The minimum atomic E-state index is -0.941. The van der Waals surface area contributed by atoms with Gasteiger partial charge in [-0.2, -0.15) is 11.8 Å². The predicted molar refractivity (Wildman–Crippen MR) is 107 cm³/mol. The Kier molecular flexibility index (Phi) is 25.4. The third kappa shape index (κ3) is 34.8. The first-order valence-electron chi connectivity index (χ1n) is 9.55. The SMILES string of the molecule is CCCCCCCCCCCCCCSCC(=O)[O-].[CH3][Sn+]([CH3])[CH3]. The van der Waals surface area contributed by atoms with Crippen molar-refractivity contribution in [2.75, 3.05) is 11.5 Å². The van der Waals surface area contributed by atoms with Gasteiger partial charge in [0.1, 0.15) is 0 Å². The van der Waals surface area contributed by atoms with Crippen LogP contribution >= 0.6 is 11.8 Å². The van der Waals surface area contributed by atoms with Gasteiger partial charge in [-0.3, -0.25) is 0 Å². The van der Waals surface area contributed by atoms with Crippen LogP contribution in [0.15, 0.2) is 0 Å². The molecule has 0 aliphatic rings. The van der Waals surface area contributed by atoms with E-state index in [0.717, 1.165) is 12.2 Å². The molecule has 0 spiro atoms. The van der Waals surface area contributed by atoms with Crippen LogP contribution in [0.1, 0.15) is 84.0 Å². The van der Waals surface area contributed by atoms with Crippen molar-refractivity contribution in [2.24, 2.45) is 0 Å². The van der Waals surface area contributed by atoms with Crippen LogP contribution in [0.25, 0.3) is 0 Å². The number of hydrogen-bond donors (Lipinski definition) is 0. The first-order chi connectivity index (χ1) is 11.0. The Bertz CT molecular complexity index is 233. The summed E-state index contributed by atoms with van der Waals surface area (Å²) in [5.74, 6) is 0.174. The normalized spacial score (nSPS) is 10.1. The summed E-state index contributed by atoms with van der Waals surface area (Å²) < 4.78 is 0. The molecule has 0 aliphatic heterocycles. The van der Waals surface area contributed by atoms with Gasteiger partial charge in [0.15, 0.2) is 0 Å². The van der Waals surface area contributed by atoms with Gasteiger partial charge in [0, 0.05) is 5.75 Å². The van der Waals surface area contributed by atoms with E-state index in [1.165, 1.54) is 82.4 Å². The number of rotatable bonds is 15. The summed E-state index contributed by atoms with van der Waals surface area (Å²) in [5.41, 5.74) is 0. The van der Waals surface area contributed by atoms with Gasteiger partial charge in [-0.1, -0.05) is 77.6 Å². The second-order valence-corrected chi connectivity index (χ2v) is 16.5. The molecule has 0 bridgehead atoms.